The Morgan fingerprint density at radius 3 is 2.36 bits per heavy atom. The van der Waals surface area contributed by atoms with Crippen LogP contribution in [0.25, 0.3) is 16.8 Å². The van der Waals surface area contributed by atoms with Gasteiger partial charge in [0, 0.05) is 11.8 Å². The normalized spacial score (nSPS) is 10.5. The van der Waals surface area contributed by atoms with Crippen molar-refractivity contribution < 1.29 is 19.0 Å². The highest BCUT2D eigenvalue weighted by molar-refractivity contribution is 6.08. The molecule has 7 heteroatoms. The van der Waals surface area contributed by atoms with Crippen molar-refractivity contribution in [2.45, 2.75) is 6.92 Å². The molecule has 0 aliphatic carbocycles. The molecule has 0 radical (unpaired) electrons. The van der Waals surface area contributed by atoms with Crippen molar-refractivity contribution in [3.05, 3.63) is 84.7 Å². The highest BCUT2D eigenvalue weighted by atomic mass is 16.5. The Kier molecular flexibility index (Phi) is 6.59. The quantitative estimate of drug-likeness (QED) is 0.405. The minimum absolute atomic E-state index is 0.275. The number of rotatable bonds is 8. The van der Waals surface area contributed by atoms with Gasteiger partial charge in [-0.1, -0.05) is 36.4 Å². The fraction of sp³-hybridized carbons (Fsp3) is 0.154. The molecule has 168 valence electrons. The van der Waals surface area contributed by atoms with Crippen molar-refractivity contribution in [1.29, 1.82) is 0 Å². The van der Waals surface area contributed by atoms with Crippen LogP contribution in [0.5, 0.6) is 17.2 Å². The Morgan fingerprint density at radius 2 is 1.64 bits per heavy atom. The number of nitrogens with zero attached hydrogens (tertiary/aromatic N) is 2. The Morgan fingerprint density at radius 1 is 0.909 bits per heavy atom. The minimum Gasteiger partial charge on any atom is -0.493 e. The lowest BCUT2D eigenvalue weighted by Crippen LogP contribution is -2.15. The summed E-state index contributed by atoms with van der Waals surface area (Å²) in [6, 6.07) is 22.5. The van der Waals surface area contributed by atoms with Crippen LogP contribution in [0, 0.1) is 0 Å². The third kappa shape index (κ3) is 4.67. The molecule has 33 heavy (non-hydrogen) atoms. The molecule has 0 spiro atoms. The van der Waals surface area contributed by atoms with Gasteiger partial charge in [-0.2, -0.15) is 5.10 Å². The van der Waals surface area contributed by atoms with Gasteiger partial charge in [0.1, 0.15) is 5.75 Å². The second-order valence-corrected chi connectivity index (χ2v) is 7.12. The number of nitrogens with one attached hydrogen (secondary N) is 1. The summed E-state index contributed by atoms with van der Waals surface area (Å²) in [6.07, 6.45) is 1.83. The molecule has 0 fully saturated rings. The third-order valence-electron chi connectivity index (χ3n) is 5.08. The second-order valence-electron chi connectivity index (χ2n) is 7.12. The number of carbonyl (C=O) groups excluding carboxylic acids is 1. The maximum Gasteiger partial charge on any atom is 0.276 e. The fourth-order valence-corrected chi connectivity index (χ4v) is 3.50. The summed E-state index contributed by atoms with van der Waals surface area (Å²) in [5.41, 5.74) is 3.13. The zero-order valence-corrected chi connectivity index (χ0v) is 18.7. The van der Waals surface area contributed by atoms with Gasteiger partial charge >= 0.3 is 0 Å². The number of hydrogen-bond acceptors (Lipinski definition) is 5. The molecule has 1 N–H and O–H groups in total. The van der Waals surface area contributed by atoms with Crippen LogP contribution in [0.1, 0.15) is 17.4 Å². The van der Waals surface area contributed by atoms with E-state index in [1.54, 1.807) is 31.0 Å². The van der Waals surface area contributed by atoms with Gasteiger partial charge < -0.3 is 19.5 Å². The molecular formula is C26H25N3O4. The number of methoxy groups -OCH3 is 2. The zero-order chi connectivity index (χ0) is 23.2. The first-order valence-corrected chi connectivity index (χ1v) is 10.5. The van der Waals surface area contributed by atoms with Crippen LogP contribution in [-0.2, 0) is 0 Å². The molecule has 0 atom stereocenters. The molecule has 1 heterocycles. The van der Waals surface area contributed by atoms with E-state index >= 15 is 0 Å². The van der Waals surface area contributed by atoms with E-state index in [1.807, 2.05) is 73.8 Å². The molecule has 4 aromatic rings. The van der Waals surface area contributed by atoms with Crippen molar-refractivity contribution in [3.63, 3.8) is 0 Å². The van der Waals surface area contributed by atoms with E-state index in [9.17, 15) is 4.79 Å². The van der Waals surface area contributed by atoms with Crippen LogP contribution < -0.4 is 19.5 Å². The third-order valence-corrected chi connectivity index (χ3v) is 5.08. The first kappa shape index (κ1) is 22.0. The van der Waals surface area contributed by atoms with Gasteiger partial charge in [-0.3, -0.25) is 4.79 Å². The highest BCUT2D eigenvalue weighted by Gasteiger charge is 2.21. The van der Waals surface area contributed by atoms with E-state index in [0.717, 1.165) is 11.3 Å². The Labute approximate surface area is 192 Å². The van der Waals surface area contributed by atoms with Gasteiger partial charge in [0.2, 0.25) is 0 Å². The number of amides is 1. The first-order chi connectivity index (χ1) is 16.1. The largest absolute Gasteiger partial charge is 0.493 e. The van der Waals surface area contributed by atoms with Crippen molar-refractivity contribution in [2.75, 3.05) is 26.1 Å². The van der Waals surface area contributed by atoms with Crippen LogP contribution in [-0.4, -0.2) is 36.5 Å². The van der Waals surface area contributed by atoms with E-state index in [2.05, 4.69) is 10.4 Å². The number of hydrogen-bond donors (Lipinski definition) is 1. The molecule has 0 bridgehead atoms. The number of carbonyl (C=O) groups is 1. The number of anilines is 1. The van der Waals surface area contributed by atoms with Crippen molar-refractivity contribution in [2.24, 2.45) is 0 Å². The predicted molar refractivity (Wildman–Crippen MR) is 128 cm³/mol. The summed E-state index contributed by atoms with van der Waals surface area (Å²) in [4.78, 5) is 13.4. The molecule has 1 amide bonds. The van der Waals surface area contributed by atoms with Crippen molar-refractivity contribution in [3.8, 4) is 34.1 Å². The first-order valence-electron chi connectivity index (χ1n) is 10.5. The summed E-state index contributed by atoms with van der Waals surface area (Å²) < 4.78 is 18.2. The lowest BCUT2D eigenvalue weighted by Gasteiger charge is -2.12. The van der Waals surface area contributed by atoms with Crippen LogP contribution >= 0.6 is 0 Å². The van der Waals surface area contributed by atoms with E-state index in [1.165, 1.54) is 0 Å². The topological polar surface area (TPSA) is 74.6 Å². The standard InChI is InChI=1S/C26H25N3O4/c1-4-33-22-13-9-8-12-21(22)27-26(30)25-20(17-29(28-25)19-10-6-5-7-11-19)18-14-15-23(31-2)24(16-18)32-3/h5-17H,4H2,1-3H3,(H,27,30). The van der Waals surface area contributed by atoms with Gasteiger partial charge in [0.05, 0.1) is 32.2 Å². The number of aromatic nitrogens is 2. The number of benzene rings is 3. The molecular weight excluding hydrogens is 418 g/mol. The molecule has 3 aromatic carbocycles. The van der Waals surface area contributed by atoms with E-state index < -0.39 is 0 Å². The maximum absolute atomic E-state index is 13.4. The summed E-state index contributed by atoms with van der Waals surface area (Å²) in [5.74, 6) is 1.42. The van der Waals surface area contributed by atoms with Crippen LogP contribution in [0.15, 0.2) is 79.0 Å². The lowest BCUT2D eigenvalue weighted by atomic mass is 10.1. The number of para-hydroxylation sites is 3. The number of ether oxygens (including phenoxy) is 3. The van der Waals surface area contributed by atoms with E-state index in [-0.39, 0.29) is 11.6 Å². The zero-order valence-electron chi connectivity index (χ0n) is 18.7. The predicted octanol–water partition coefficient (Wildman–Crippen LogP) is 5.21. The van der Waals surface area contributed by atoms with Gasteiger partial charge in [0.25, 0.3) is 5.91 Å². The summed E-state index contributed by atoms with van der Waals surface area (Å²) in [5, 5.41) is 7.56. The smallest absolute Gasteiger partial charge is 0.276 e. The summed E-state index contributed by atoms with van der Waals surface area (Å²) in [6.45, 7) is 2.39. The Balaban J connectivity index is 1.78. The Bertz CT molecular complexity index is 1250. The van der Waals surface area contributed by atoms with Gasteiger partial charge in [0.15, 0.2) is 17.2 Å². The monoisotopic (exact) mass is 443 g/mol. The van der Waals surface area contributed by atoms with Gasteiger partial charge in [-0.25, -0.2) is 4.68 Å². The molecule has 1 aromatic heterocycles. The molecule has 0 aliphatic rings. The van der Waals surface area contributed by atoms with Crippen LogP contribution in [0.4, 0.5) is 5.69 Å². The second kappa shape index (κ2) is 9.91. The summed E-state index contributed by atoms with van der Waals surface area (Å²) >= 11 is 0. The molecule has 0 saturated carbocycles. The van der Waals surface area contributed by atoms with Crippen molar-refractivity contribution in [1.82, 2.24) is 9.78 Å². The Hall–Kier alpha value is -4.26. The molecule has 0 unspecified atom stereocenters. The average Bonchev–Trinajstić information content (AvgIpc) is 3.31. The van der Waals surface area contributed by atoms with Crippen molar-refractivity contribution >= 4 is 11.6 Å². The molecule has 0 saturated heterocycles. The van der Waals surface area contributed by atoms with E-state index in [4.69, 9.17) is 14.2 Å². The average molecular weight is 444 g/mol. The van der Waals surface area contributed by atoms with Gasteiger partial charge in [-0.05, 0) is 48.9 Å². The van der Waals surface area contributed by atoms with Crippen LogP contribution in [0.2, 0.25) is 0 Å². The van der Waals surface area contributed by atoms with Crippen LogP contribution in [0.3, 0.4) is 0 Å². The van der Waals surface area contributed by atoms with E-state index in [0.29, 0.717) is 35.1 Å². The molecule has 4 rings (SSSR count). The minimum atomic E-state index is -0.346. The highest BCUT2D eigenvalue weighted by Crippen LogP contribution is 2.34. The SMILES string of the molecule is CCOc1ccccc1NC(=O)c1nn(-c2ccccc2)cc1-c1ccc(OC)c(OC)c1. The fourth-order valence-electron chi connectivity index (χ4n) is 3.50. The van der Waals surface area contributed by atoms with Gasteiger partial charge in [-0.15, -0.1) is 0 Å². The maximum atomic E-state index is 13.4. The molecule has 7 nitrogen and oxygen atoms in total. The lowest BCUT2D eigenvalue weighted by molar-refractivity contribution is 0.102. The summed E-state index contributed by atoms with van der Waals surface area (Å²) in [7, 11) is 3.16. The molecule has 0 aliphatic heterocycles.